The van der Waals surface area contributed by atoms with Gasteiger partial charge in [0.15, 0.2) is 5.78 Å². The number of ketones is 1. The van der Waals surface area contributed by atoms with E-state index < -0.39 is 16.5 Å². The van der Waals surface area contributed by atoms with Gasteiger partial charge in [0.1, 0.15) is 5.69 Å². The second-order valence-corrected chi connectivity index (χ2v) is 3.39. The molecule has 0 aliphatic rings. The number of pyridine rings is 1. The van der Waals surface area contributed by atoms with Gasteiger partial charge in [-0.25, -0.2) is 4.79 Å². The summed E-state index contributed by atoms with van der Waals surface area (Å²) in [5, 5.41) is 0. The highest BCUT2D eigenvalue weighted by atomic mass is 32.2. The fourth-order valence-corrected chi connectivity index (χ4v) is 0.984. The van der Waals surface area contributed by atoms with Crippen molar-refractivity contribution in [2.75, 3.05) is 0 Å². The molecular formula is C10H11N3O4S. The Morgan fingerprint density at radius 1 is 1.44 bits per heavy atom. The van der Waals surface area contributed by atoms with E-state index in [-0.39, 0.29) is 5.78 Å². The van der Waals surface area contributed by atoms with E-state index in [1.807, 2.05) is 0 Å². The van der Waals surface area contributed by atoms with Crippen molar-refractivity contribution in [3.05, 3.63) is 42.7 Å². The number of allylic oxidation sites excluding steroid dienone is 1. The maximum absolute atomic E-state index is 11.1. The monoisotopic (exact) mass is 269 g/mol. The first-order chi connectivity index (χ1) is 8.47. The molecule has 1 aromatic heterocycles. The SMILES string of the molecule is C=CCC(=O)c1ccccn1.NC(=O)N=S(=O)=O. The van der Waals surface area contributed by atoms with Gasteiger partial charge in [0.05, 0.1) is 0 Å². The molecule has 0 aliphatic heterocycles. The van der Waals surface area contributed by atoms with Crippen LogP contribution >= 0.6 is 0 Å². The lowest BCUT2D eigenvalue weighted by Crippen LogP contribution is -2.02. The molecule has 8 heteroatoms. The first-order valence-corrected chi connectivity index (χ1v) is 5.66. The number of urea groups is 1. The van der Waals surface area contributed by atoms with E-state index in [0.717, 1.165) is 0 Å². The van der Waals surface area contributed by atoms with Gasteiger partial charge in [-0.3, -0.25) is 9.78 Å². The molecular weight excluding hydrogens is 258 g/mol. The van der Waals surface area contributed by atoms with Crippen LogP contribution in [0.1, 0.15) is 16.9 Å². The van der Waals surface area contributed by atoms with E-state index in [1.165, 1.54) is 0 Å². The molecule has 18 heavy (non-hydrogen) atoms. The first-order valence-electron chi connectivity index (χ1n) is 4.63. The Bertz CT molecular complexity index is 544. The molecule has 0 atom stereocenters. The van der Waals surface area contributed by atoms with Gasteiger partial charge < -0.3 is 5.73 Å². The summed E-state index contributed by atoms with van der Waals surface area (Å²) in [6.45, 7) is 3.48. The highest BCUT2D eigenvalue weighted by Crippen LogP contribution is 1.98. The van der Waals surface area contributed by atoms with Crippen LogP contribution in [-0.4, -0.2) is 25.2 Å². The van der Waals surface area contributed by atoms with Gasteiger partial charge in [-0.1, -0.05) is 16.5 Å². The fraction of sp³-hybridized carbons (Fsp3) is 0.100. The highest BCUT2D eigenvalue weighted by molar-refractivity contribution is 7.62. The second-order valence-electron chi connectivity index (χ2n) is 2.78. The summed E-state index contributed by atoms with van der Waals surface area (Å²) in [5.41, 5.74) is 4.80. The van der Waals surface area contributed by atoms with Crippen LogP contribution in [-0.2, 0) is 10.5 Å². The Labute approximate surface area is 105 Å². The van der Waals surface area contributed by atoms with Crippen molar-refractivity contribution in [1.82, 2.24) is 4.98 Å². The van der Waals surface area contributed by atoms with Crippen LogP contribution in [0.2, 0.25) is 0 Å². The number of Topliss-reactive ketones (excluding diaryl/α,β-unsaturated/α-hetero) is 1. The van der Waals surface area contributed by atoms with Crippen LogP contribution in [0, 0.1) is 0 Å². The van der Waals surface area contributed by atoms with Crippen molar-refractivity contribution < 1.29 is 18.0 Å². The molecule has 1 rings (SSSR count). The van der Waals surface area contributed by atoms with Crippen LogP contribution in [0.25, 0.3) is 0 Å². The van der Waals surface area contributed by atoms with E-state index in [1.54, 1.807) is 30.5 Å². The minimum Gasteiger partial charge on any atom is -0.349 e. The van der Waals surface area contributed by atoms with E-state index in [2.05, 4.69) is 21.7 Å². The molecule has 0 bridgehead atoms. The Morgan fingerprint density at radius 2 is 2.11 bits per heavy atom. The van der Waals surface area contributed by atoms with E-state index in [0.29, 0.717) is 12.1 Å². The van der Waals surface area contributed by atoms with Crippen LogP contribution in [0.3, 0.4) is 0 Å². The maximum Gasteiger partial charge on any atom is 0.353 e. The van der Waals surface area contributed by atoms with Gasteiger partial charge in [-0.2, -0.15) is 8.42 Å². The van der Waals surface area contributed by atoms with Gasteiger partial charge >= 0.3 is 16.5 Å². The van der Waals surface area contributed by atoms with Crippen LogP contribution < -0.4 is 5.73 Å². The van der Waals surface area contributed by atoms with E-state index >= 15 is 0 Å². The second kappa shape index (κ2) is 8.76. The molecule has 0 aromatic carbocycles. The largest absolute Gasteiger partial charge is 0.353 e. The number of nitrogens with two attached hydrogens (primary N) is 1. The first kappa shape index (κ1) is 15.7. The summed E-state index contributed by atoms with van der Waals surface area (Å²) in [6.07, 6.45) is 3.55. The van der Waals surface area contributed by atoms with Gasteiger partial charge in [0.25, 0.3) is 0 Å². The Kier molecular flexibility index (Phi) is 7.62. The van der Waals surface area contributed by atoms with Crippen molar-refractivity contribution in [2.24, 2.45) is 10.1 Å². The van der Waals surface area contributed by atoms with Crippen LogP contribution in [0.4, 0.5) is 4.79 Å². The molecule has 0 aliphatic carbocycles. The quantitative estimate of drug-likeness (QED) is 0.647. The number of rotatable bonds is 3. The van der Waals surface area contributed by atoms with E-state index in [4.69, 9.17) is 0 Å². The molecule has 0 saturated heterocycles. The van der Waals surface area contributed by atoms with Crippen molar-refractivity contribution in [2.45, 2.75) is 6.42 Å². The van der Waals surface area contributed by atoms with Gasteiger partial charge in [0, 0.05) is 12.6 Å². The summed E-state index contributed by atoms with van der Waals surface area (Å²) >= 11 is 0. The zero-order valence-corrected chi connectivity index (χ0v) is 10.1. The van der Waals surface area contributed by atoms with Gasteiger partial charge in [-0.15, -0.1) is 6.58 Å². The maximum atomic E-state index is 11.1. The fourth-order valence-electron chi connectivity index (χ4n) is 0.837. The van der Waals surface area contributed by atoms with Crippen LogP contribution in [0.5, 0.6) is 0 Å². The Hall–Kier alpha value is -2.35. The zero-order valence-electron chi connectivity index (χ0n) is 9.31. The van der Waals surface area contributed by atoms with E-state index in [9.17, 15) is 18.0 Å². The van der Waals surface area contributed by atoms with Crippen molar-refractivity contribution in [3.8, 4) is 0 Å². The molecule has 1 heterocycles. The number of aromatic nitrogens is 1. The van der Waals surface area contributed by atoms with Crippen molar-refractivity contribution >= 4 is 22.3 Å². The molecule has 1 aromatic rings. The molecule has 0 fully saturated rings. The molecule has 2 amide bonds. The lowest BCUT2D eigenvalue weighted by atomic mass is 10.2. The number of carbonyl (C=O) groups is 2. The molecule has 0 radical (unpaired) electrons. The summed E-state index contributed by atoms with van der Waals surface area (Å²) < 4.78 is 21.0. The van der Waals surface area contributed by atoms with Gasteiger partial charge in [-0.05, 0) is 12.1 Å². The minimum absolute atomic E-state index is 0.0144. The highest BCUT2D eigenvalue weighted by Gasteiger charge is 2.01. The summed E-state index contributed by atoms with van der Waals surface area (Å²) in [6, 6.07) is 4.08. The minimum atomic E-state index is -2.70. The smallest absolute Gasteiger partial charge is 0.349 e. The third-order valence-corrected chi connectivity index (χ3v) is 1.77. The van der Waals surface area contributed by atoms with Crippen molar-refractivity contribution in [3.63, 3.8) is 0 Å². The van der Waals surface area contributed by atoms with Gasteiger partial charge in [0.2, 0.25) is 0 Å². The summed E-state index contributed by atoms with van der Waals surface area (Å²) in [7, 11) is -2.70. The third kappa shape index (κ3) is 7.88. The number of primary amides is 1. The molecule has 0 unspecified atom stereocenters. The molecule has 96 valence electrons. The normalized spacial score (nSPS) is 8.44. The Balaban J connectivity index is 0.000000360. The third-order valence-electron chi connectivity index (χ3n) is 1.44. The molecule has 0 spiro atoms. The number of hydrogen-bond acceptors (Lipinski definition) is 5. The lowest BCUT2D eigenvalue weighted by molar-refractivity contribution is 0.0991. The van der Waals surface area contributed by atoms with Crippen LogP contribution in [0.15, 0.2) is 41.4 Å². The summed E-state index contributed by atoms with van der Waals surface area (Å²) in [4.78, 5) is 24.5. The standard InChI is InChI=1S/C9H9NO.CH2N2O3S/c1-2-5-9(11)8-6-3-4-7-10-8;2-1(4)3-7(5)6/h2-4,6-7H,1,5H2;(H2,2,4). The van der Waals surface area contributed by atoms with Crippen molar-refractivity contribution in [1.29, 1.82) is 0 Å². The number of hydrogen-bond donors (Lipinski definition) is 1. The predicted molar refractivity (Wildman–Crippen MR) is 64.3 cm³/mol. The zero-order chi connectivity index (χ0) is 14.0. The number of amides is 2. The number of nitrogens with zero attached hydrogens (tertiary/aromatic N) is 2. The lowest BCUT2D eigenvalue weighted by Gasteiger charge is -1.93. The Morgan fingerprint density at radius 3 is 2.44 bits per heavy atom. The average Bonchev–Trinajstić information content (AvgIpc) is 2.29. The molecule has 2 N–H and O–H groups in total. The topological polar surface area (TPSA) is 120 Å². The number of carbonyl (C=O) groups excluding carboxylic acids is 2. The molecule has 0 saturated carbocycles. The summed E-state index contributed by atoms with van der Waals surface area (Å²) in [5.74, 6) is 0.0144. The average molecular weight is 269 g/mol. The predicted octanol–water partition coefficient (Wildman–Crippen LogP) is 0.968. The molecule has 7 nitrogen and oxygen atoms in total.